The quantitative estimate of drug-likeness (QED) is 0.860. The highest BCUT2D eigenvalue weighted by molar-refractivity contribution is 6.32. The van der Waals surface area contributed by atoms with E-state index in [1.54, 1.807) is 0 Å². The van der Waals surface area contributed by atoms with E-state index in [1.165, 1.54) is 19.9 Å². The second kappa shape index (κ2) is 7.15. The van der Waals surface area contributed by atoms with Crippen molar-refractivity contribution in [1.29, 1.82) is 0 Å². The Hall–Kier alpha value is -0.980. The summed E-state index contributed by atoms with van der Waals surface area (Å²) >= 11 is 5.78. The molecule has 0 bridgehead atoms. The summed E-state index contributed by atoms with van der Waals surface area (Å²) in [6.07, 6.45) is 0. The Morgan fingerprint density at radius 3 is 2.55 bits per heavy atom. The summed E-state index contributed by atoms with van der Waals surface area (Å²) in [6, 6.07) is 0.0903. The topological polar surface area (TPSA) is 52.3 Å². The molecule has 20 heavy (non-hydrogen) atoms. The van der Waals surface area contributed by atoms with E-state index >= 15 is 0 Å². The second-order valence-corrected chi connectivity index (χ2v) is 4.29. The van der Waals surface area contributed by atoms with Crippen LogP contribution in [0.5, 0.6) is 0 Å². The van der Waals surface area contributed by atoms with Crippen molar-refractivity contribution in [1.82, 2.24) is 0 Å². The van der Waals surface area contributed by atoms with Crippen molar-refractivity contribution < 1.29 is 22.7 Å². The first kappa shape index (κ1) is 19.0. The minimum Gasteiger partial charge on any atom is -0.462 e. The number of hydrogen-bond acceptors (Lipinski definition) is 3. The molecule has 0 fully saturated rings. The molecule has 0 spiro atoms. The van der Waals surface area contributed by atoms with Crippen molar-refractivity contribution in [3.63, 3.8) is 0 Å². The molecule has 1 atom stereocenters. The van der Waals surface area contributed by atoms with E-state index in [4.69, 9.17) is 17.3 Å². The van der Waals surface area contributed by atoms with Crippen LogP contribution in [0.2, 0.25) is 5.02 Å². The van der Waals surface area contributed by atoms with Gasteiger partial charge in [0.2, 0.25) is 0 Å². The molecule has 0 amide bonds. The molecule has 3 nitrogen and oxygen atoms in total. The molecule has 1 aromatic rings. The number of nitrogens with two attached hydrogens (primary N) is 1. The molecule has 0 heterocycles. The van der Waals surface area contributed by atoms with Gasteiger partial charge in [-0.2, -0.15) is 8.78 Å². The molecular formula is C12H14Cl2F3NO2. The molecule has 114 valence electrons. The third-order valence-corrected chi connectivity index (χ3v) is 3.07. The maximum atomic E-state index is 13.8. The number of esters is 1. The number of aryl methyl sites for hydroxylation is 1. The zero-order chi connectivity index (χ0) is 14.8. The third-order valence-electron chi connectivity index (χ3n) is 2.57. The van der Waals surface area contributed by atoms with E-state index in [0.717, 1.165) is 6.07 Å². The van der Waals surface area contributed by atoms with E-state index in [2.05, 4.69) is 4.74 Å². The number of benzene rings is 1. The van der Waals surface area contributed by atoms with Crippen molar-refractivity contribution in [3.05, 3.63) is 34.1 Å². The van der Waals surface area contributed by atoms with Crippen molar-refractivity contribution in [2.75, 3.05) is 6.61 Å². The van der Waals surface area contributed by atoms with Gasteiger partial charge < -0.3 is 10.5 Å². The van der Waals surface area contributed by atoms with E-state index in [9.17, 15) is 18.0 Å². The Balaban J connectivity index is 0.00000361. The van der Waals surface area contributed by atoms with Crippen LogP contribution in [0.4, 0.5) is 13.2 Å². The minimum atomic E-state index is -4.06. The predicted octanol–water partition coefficient (Wildman–Crippen LogP) is 3.41. The monoisotopic (exact) mass is 331 g/mol. The van der Waals surface area contributed by atoms with Crippen LogP contribution in [0.15, 0.2) is 12.1 Å². The van der Waals surface area contributed by atoms with Gasteiger partial charge in [-0.3, -0.25) is 0 Å². The van der Waals surface area contributed by atoms with Crippen LogP contribution in [0.3, 0.4) is 0 Å². The lowest BCUT2D eigenvalue weighted by Gasteiger charge is -2.23. The maximum Gasteiger partial charge on any atom is 0.379 e. The number of carbonyl (C=O) groups is 1. The average molecular weight is 332 g/mol. The second-order valence-electron chi connectivity index (χ2n) is 3.91. The molecule has 0 aliphatic carbocycles. The zero-order valence-electron chi connectivity index (χ0n) is 10.8. The standard InChI is InChI=1S/C12H13ClF3NO2.ClH/c1-3-19-11(18)12(15,16)10(17)8-7(14)5-4-6(2)9(8)13;/h4-5,10H,3,17H2,1-2H3;1H/t10-;/m1./s1. The van der Waals surface area contributed by atoms with E-state index in [-0.39, 0.29) is 24.0 Å². The van der Waals surface area contributed by atoms with Gasteiger partial charge in [-0.05, 0) is 25.5 Å². The van der Waals surface area contributed by atoms with Gasteiger partial charge in [0.05, 0.1) is 11.6 Å². The maximum absolute atomic E-state index is 13.8. The van der Waals surface area contributed by atoms with Crippen molar-refractivity contribution in [3.8, 4) is 0 Å². The predicted molar refractivity (Wildman–Crippen MR) is 71.9 cm³/mol. The molecule has 0 unspecified atom stereocenters. The number of hydrogen-bond donors (Lipinski definition) is 1. The van der Waals surface area contributed by atoms with Gasteiger partial charge in [-0.25, -0.2) is 9.18 Å². The number of rotatable bonds is 4. The largest absolute Gasteiger partial charge is 0.462 e. The highest BCUT2D eigenvalue weighted by Crippen LogP contribution is 2.37. The molecule has 1 aromatic carbocycles. The van der Waals surface area contributed by atoms with Crippen LogP contribution in [-0.2, 0) is 9.53 Å². The van der Waals surface area contributed by atoms with Gasteiger partial charge in [0.1, 0.15) is 11.9 Å². The first-order valence-electron chi connectivity index (χ1n) is 5.48. The molecule has 1 rings (SSSR count). The lowest BCUT2D eigenvalue weighted by molar-refractivity contribution is -0.174. The number of ether oxygens (including phenoxy) is 1. The summed E-state index contributed by atoms with van der Waals surface area (Å²) in [6.45, 7) is 2.66. The van der Waals surface area contributed by atoms with Crippen molar-refractivity contribution in [2.45, 2.75) is 25.8 Å². The average Bonchev–Trinajstić information content (AvgIpc) is 2.34. The van der Waals surface area contributed by atoms with Crippen LogP contribution in [-0.4, -0.2) is 18.5 Å². The van der Waals surface area contributed by atoms with Crippen LogP contribution < -0.4 is 5.73 Å². The van der Waals surface area contributed by atoms with Crippen LogP contribution in [0, 0.1) is 12.7 Å². The summed E-state index contributed by atoms with van der Waals surface area (Å²) in [5, 5.41) is -0.225. The summed E-state index contributed by atoms with van der Waals surface area (Å²) in [5.74, 6) is -6.86. The first-order valence-corrected chi connectivity index (χ1v) is 5.86. The number of alkyl halides is 2. The van der Waals surface area contributed by atoms with Gasteiger partial charge in [-0.15, -0.1) is 12.4 Å². The molecule has 0 aliphatic heterocycles. The normalized spacial score (nSPS) is 12.6. The zero-order valence-corrected chi connectivity index (χ0v) is 12.3. The molecule has 0 saturated carbocycles. The molecule has 8 heteroatoms. The molecule has 2 N–H and O–H groups in total. The fourth-order valence-corrected chi connectivity index (χ4v) is 1.77. The Kier molecular flexibility index (Phi) is 6.80. The molecule has 0 aromatic heterocycles. The lowest BCUT2D eigenvalue weighted by atomic mass is 9.99. The molecule has 0 radical (unpaired) electrons. The molecule has 0 saturated heterocycles. The van der Waals surface area contributed by atoms with Gasteiger partial charge in [0, 0.05) is 5.56 Å². The Morgan fingerprint density at radius 2 is 2.05 bits per heavy atom. The Morgan fingerprint density at radius 1 is 1.50 bits per heavy atom. The van der Waals surface area contributed by atoms with Crippen molar-refractivity contribution in [2.24, 2.45) is 5.73 Å². The minimum absolute atomic E-state index is 0. The highest BCUT2D eigenvalue weighted by atomic mass is 35.5. The highest BCUT2D eigenvalue weighted by Gasteiger charge is 2.49. The summed E-state index contributed by atoms with van der Waals surface area (Å²) in [5.41, 5.74) is 5.08. The van der Waals surface area contributed by atoms with Gasteiger partial charge >= 0.3 is 11.9 Å². The fraction of sp³-hybridized carbons (Fsp3) is 0.417. The third kappa shape index (κ3) is 3.56. The van der Waals surface area contributed by atoms with E-state index in [0.29, 0.717) is 5.56 Å². The van der Waals surface area contributed by atoms with E-state index in [1.807, 2.05) is 0 Å². The van der Waals surface area contributed by atoms with Gasteiger partial charge in [0.15, 0.2) is 0 Å². The number of halogens is 5. The van der Waals surface area contributed by atoms with Crippen LogP contribution in [0.1, 0.15) is 24.1 Å². The summed E-state index contributed by atoms with van der Waals surface area (Å²) < 4.78 is 45.3. The SMILES string of the molecule is CCOC(=O)C(F)(F)[C@H](N)c1c(F)ccc(C)c1Cl.Cl. The Labute approximate surface area is 125 Å². The molecule has 0 aliphatic rings. The lowest BCUT2D eigenvalue weighted by Crippen LogP contribution is -2.42. The Bertz CT molecular complexity index is 498. The van der Waals surface area contributed by atoms with E-state index < -0.39 is 29.3 Å². The smallest absolute Gasteiger partial charge is 0.379 e. The van der Waals surface area contributed by atoms with Gasteiger partial charge in [0.25, 0.3) is 0 Å². The fourth-order valence-electron chi connectivity index (χ4n) is 1.50. The first-order chi connectivity index (χ1) is 8.73. The number of carbonyl (C=O) groups excluding carboxylic acids is 1. The summed E-state index contributed by atoms with van der Waals surface area (Å²) in [4.78, 5) is 11.2. The summed E-state index contributed by atoms with van der Waals surface area (Å²) in [7, 11) is 0. The van der Waals surface area contributed by atoms with Crippen LogP contribution >= 0.6 is 24.0 Å². The van der Waals surface area contributed by atoms with Gasteiger partial charge in [-0.1, -0.05) is 17.7 Å². The van der Waals surface area contributed by atoms with Crippen molar-refractivity contribution >= 4 is 30.0 Å². The molecular weight excluding hydrogens is 318 g/mol. The van der Waals surface area contributed by atoms with Crippen LogP contribution in [0.25, 0.3) is 0 Å².